The molecule has 0 aliphatic carbocycles. The summed E-state index contributed by atoms with van der Waals surface area (Å²) in [5.74, 6) is -1.11. The van der Waals surface area contributed by atoms with E-state index in [0.29, 0.717) is 0 Å². The predicted octanol–water partition coefficient (Wildman–Crippen LogP) is 2.08. The van der Waals surface area contributed by atoms with Crippen LogP contribution in [0.15, 0.2) is 0 Å². The fourth-order valence-corrected chi connectivity index (χ4v) is 1.04. The van der Waals surface area contributed by atoms with E-state index < -0.39 is 29.7 Å². The van der Waals surface area contributed by atoms with Crippen LogP contribution in [-0.4, -0.2) is 24.3 Å². The van der Waals surface area contributed by atoms with Gasteiger partial charge >= 0.3 is 11.9 Å². The van der Waals surface area contributed by atoms with E-state index in [2.05, 4.69) is 0 Å². The largest absolute Gasteiger partial charge is 0.424 e. The fourth-order valence-electron chi connectivity index (χ4n) is 1.04. The van der Waals surface area contributed by atoms with Gasteiger partial charge in [-0.2, -0.15) is 0 Å². The fraction of sp³-hybridized carbons (Fsp3) is 0.857. The molecule has 2 unspecified atom stereocenters. The average molecular weight is 273 g/mol. The molecular formula is C14H27NO4. The summed E-state index contributed by atoms with van der Waals surface area (Å²) < 4.78 is 10.4. The normalized spacial score (nSPS) is 15.3. The molecule has 5 nitrogen and oxygen atoms in total. The van der Waals surface area contributed by atoms with Gasteiger partial charge < -0.3 is 15.2 Å². The van der Waals surface area contributed by atoms with Crippen molar-refractivity contribution < 1.29 is 19.1 Å². The van der Waals surface area contributed by atoms with Gasteiger partial charge in [0.15, 0.2) is 0 Å². The van der Waals surface area contributed by atoms with Gasteiger partial charge in [0.05, 0.1) is 5.41 Å². The summed E-state index contributed by atoms with van der Waals surface area (Å²) in [5.41, 5.74) is 5.07. The number of esters is 2. The molecule has 0 spiro atoms. The topological polar surface area (TPSA) is 78.6 Å². The molecule has 0 aliphatic heterocycles. The summed E-state index contributed by atoms with van der Waals surface area (Å²) in [6.07, 6.45) is -0.899. The van der Waals surface area contributed by atoms with E-state index >= 15 is 0 Å². The van der Waals surface area contributed by atoms with E-state index in [1.807, 2.05) is 27.7 Å². The third-order valence-corrected chi connectivity index (χ3v) is 2.60. The number of ether oxygens (including phenoxy) is 2. The highest BCUT2D eigenvalue weighted by Gasteiger charge is 2.31. The van der Waals surface area contributed by atoms with Crippen LogP contribution in [0.1, 0.15) is 48.5 Å². The molecular weight excluding hydrogens is 246 g/mol. The molecule has 0 aromatic rings. The number of hydrogen-bond donors (Lipinski definition) is 1. The van der Waals surface area contributed by atoms with Crippen LogP contribution in [0.5, 0.6) is 0 Å². The summed E-state index contributed by atoms with van der Waals surface area (Å²) in [4.78, 5) is 23.6. The highest BCUT2D eigenvalue weighted by Crippen LogP contribution is 2.20. The lowest BCUT2D eigenvalue weighted by molar-refractivity contribution is -0.202. The van der Waals surface area contributed by atoms with E-state index in [1.165, 1.54) is 0 Å². The minimum atomic E-state index is -0.899. The molecule has 0 fully saturated rings. The first kappa shape index (κ1) is 17.9. The van der Waals surface area contributed by atoms with Crippen molar-refractivity contribution in [3.8, 4) is 0 Å². The lowest BCUT2D eigenvalue weighted by Gasteiger charge is -2.27. The molecule has 0 heterocycles. The smallest absolute Gasteiger partial charge is 0.326 e. The van der Waals surface area contributed by atoms with Crippen molar-refractivity contribution in [2.45, 2.75) is 60.8 Å². The molecule has 0 aliphatic rings. The third kappa shape index (κ3) is 6.05. The Morgan fingerprint density at radius 3 is 1.74 bits per heavy atom. The average Bonchev–Trinajstić information content (AvgIpc) is 2.24. The van der Waals surface area contributed by atoms with Crippen molar-refractivity contribution in [1.82, 2.24) is 0 Å². The quantitative estimate of drug-likeness (QED) is 0.613. The summed E-state index contributed by atoms with van der Waals surface area (Å²) in [5, 5.41) is 0. The van der Waals surface area contributed by atoms with Gasteiger partial charge in [0.1, 0.15) is 6.04 Å². The maximum atomic E-state index is 11.8. The lowest BCUT2D eigenvalue weighted by atomic mass is 9.97. The van der Waals surface area contributed by atoms with E-state index in [4.69, 9.17) is 15.2 Å². The number of nitrogens with two attached hydrogens (primary N) is 1. The maximum absolute atomic E-state index is 11.8. The Labute approximate surface area is 115 Å². The van der Waals surface area contributed by atoms with Gasteiger partial charge in [-0.15, -0.1) is 0 Å². The third-order valence-electron chi connectivity index (χ3n) is 2.60. The Hall–Kier alpha value is -1.10. The summed E-state index contributed by atoms with van der Waals surface area (Å²) in [7, 11) is 0. The van der Waals surface area contributed by atoms with Crippen molar-refractivity contribution in [2.75, 3.05) is 0 Å². The maximum Gasteiger partial charge on any atom is 0.326 e. The zero-order valence-electron chi connectivity index (χ0n) is 13.0. The Balaban J connectivity index is 4.69. The molecule has 0 radical (unpaired) electrons. The highest BCUT2D eigenvalue weighted by molar-refractivity contribution is 5.77. The zero-order chi connectivity index (χ0) is 15.4. The van der Waals surface area contributed by atoms with E-state index in [0.717, 1.165) is 0 Å². The van der Waals surface area contributed by atoms with Crippen LogP contribution in [0.3, 0.4) is 0 Å². The molecule has 0 amide bonds. The number of rotatable bonds is 5. The van der Waals surface area contributed by atoms with Gasteiger partial charge in [0, 0.05) is 5.92 Å². The minimum Gasteiger partial charge on any atom is -0.424 e. The number of hydrogen-bond acceptors (Lipinski definition) is 5. The van der Waals surface area contributed by atoms with Crippen LogP contribution in [-0.2, 0) is 19.1 Å². The second-order valence-corrected chi connectivity index (χ2v) is 6.47. The van der Waals surface area contributed by atoms with Crippen LogP contribution in [0.2, 0.25) is 0 Å². The molecule has 5 heteroatoms. The molecule has 0 aromatic carbocycles. The summed E-state index contributed by atoms with van der Waals surface area (Å²) in [6, 6.07) is -0.713. The van der Waals surface area contributed by atoms with Gasteiger partial charge in [-0.05, 0) is 26.7 Å². The standard InChI is InChI=1S/C14H27NO4/c1-8(2)10(15)11(16)18-12(9(3)4)19-13(17)14(5,6)7/h8-10,12H,15H2,1-7H3. The molecule has 2 atom stereocenters. The first-order valence-corrected chi connectivity index (χ1v) is 6.64. The van der Waals surface area contributed by atoms with E-state index in [-0.39, 0.29) is 11.8 Å². The van der Waals surface area contributed by atoms with Crippen molar-refractivity contribution in [2.24, 2.45) is 23.0 Å². The van der Waals surface area contributed by atoms with Gasteiger partial charge in [0.25, 0.3) is 0 Å². The van der Waals surface area contributed by atoms with Crippen LogP contribution in [0, 0.1) is 17.3 Å². The number of carbonyl (C=O) groups is 2. The Morgan fingerprint density at radius 1 is 0.947 bits per heavy atom. The molecule has 0 saturated heterocycles. The molecule has 0 bridgehead atoms. The second-order valence-electron chi connectivity index (χ2n) is 6.47. The molecule has 112 valence electrons. The van der Waals surface area contributed by atoms with Crippen molar-refractivity contribution in [3.05, 3.63) is 0 Å². The SMILES string of the molecule is CC(C)C(OC(=O)C(N)C(C)C)OC(=O)C(C)(C)C. The van der Waals surface area contributed by atoms with Crippen LogP contribution in [0.25, 0.3) is 0 Å². The Bertz CT molecular complexity index is 318. The molecule has 0 aromatic heterocycles. The van der Waals surface area contributed by atoms with E-state index in [1.54, 1.807) is 20.8 Å². The predicted molar refractivity (Wildman–Crippen MR) is 73.1 cm³/mol. The lowest BCUT2D eigenvalue weighted by Crippen LogP contribution is -2.42. The molecule has 19 heavy (non-hydrogen) atoms. The molecule has 2 N–H and O–H groups in total. The zero-order valence-corrected chi connectivity index (χ0v) is 13.0. The highest BCUT2D eigenvalue weighted by atomic mass is 16.7. The molecule has 0 saturated carbocycles. The first-order valence-electron chi connectivity index (χ1n) is 6.64. The Kier molecular flexibility index (Phi) is 6.49. The van der Waals surface area contributed by atoms with Gasteiger partial charge in [-0.1, -0.05) is 27.7 Å². The Morgan fingerprint density at radius 2 is 1.42 bits per heavy atom. The van der Waals surface area contributed by atoms with Gasteiger partial charge in [-0.3, -0.25) is 9.59 Å². The van der Waals surface area contributed by atoms with Crippen LogP contribution in [0.4, 0.5) is 0 Å². The van der Waals surface area contributed by atoms with Crippen molar-refractivity contribution in [3.63, 3.8) is 0 Å². The van der Waals surface area contributed by atoms with Crippen LogP contribution >= 0.6 is 0 Å². The minimum absolute atomic E-state index is 0.0290. The number of carbonyl (C=O) groups excluding carboxylic acids is 2. The summed E-state index contributed by atoms with van der Waals surface area (Å²) in [6.45, 7) is 12.5. The van der Waals surface area contributed by atoms with Crippen molar-refractivity contribution in [1.29, 1.82) is 0 Å². The van der Waals surface area contributed by atoms with Gasteiger partial charge in [0.2, 0.25) is 6.29 Å². The summed E-state index contributed by atoms with van der Waals surface area (Å²) >= 11 is 0. The van der Waals surface area contributed by atoms with Gasteiger partial charge in [-0.25, -0.2) is 0 Å². The first-order chi connectivity index (χ1) is 8.46. The molecule has 0 rings (SSSR count). The monoisotopic (exact) mass is 273 g/mol. The van der Waals surface area contributed by atoms with E-state index in [9.17, 15) is 9.59 Å². The van der Waals surface area contributed by atoms with Crippen LogP contribution < -0.4 is 5.73 Å². The van der Waals surface area contributed by atoms with Crippen molar-refractivity contribution >= 4 is 11.9 Å². The second kappa shape index (κ2) is 6.89.